The SMILES string of the molecule is CC(C)(C)Oc1ccc(F)c(F)c1.O=CNC1CCN(Sc2ccc(C(=O)O)cc2)CC1. The molecule has 0 aliphatic carbocycles. The Balaban J connectivity index is 0.000000244. The van der Waals surface area contributed by atoms with Gasteiger partial charge in [0.05, 0.1) is 5.56 Å². The molecule has 32 heavy (non-hydrogen) atoms. The van der Waals surface area contributed by atoms with Crippen LogP contribution in [0.15, 0.2) is 47.4 Å². The smallest absolute Gasteiger partial charge is 0.335 e. The summed E-state index contributed by atoms with van der Waals surface area (Å²) in [5, 5.41) is 11.6. The quantitative estimate of drug-likeness (QED) is 0.473. The molecular formula is C23H28F2N2O4S. The molecule has 0 spiro atoms. The summed E-state index contributed by atoms with van der Waals surface area (Å²) in [4.78, 5) is 22.1. The Bertz CT molecular complexity index is 896. The van der Waals surface area contributed by atoms with Crippen molar-refractivity contribution >= 4 is 24.3 Å². The number of amides is 1. The Morgan fingerprint density at radius 2 is 1.75 bits per heavy atom. The minimum absolute atomic E-state index is 0.281. The van der Waals surface area contributed by atoms with Crippen LogP contribution in [0.4, 0.5) is 8.78 Å². The molecule has 1 fully saturated rings. The highest BCUT2D eigenvalue weighted by Gasteiger charge is 2.19. The second-order valence-electron chi connectivity index (χ2n) is 8.20. The van der Waals surface area contributed by atoms with Crippen molar-refractivity contribution in [1.29, 1.82) is 0 Å². The average Bonchev–Trinajstić information content (AvgIpc) is 2.72. The summed E-state index contributed by atoms with van der Waals surface area (Å²) in [6.07, 6.45) is 2.65. The van der Waals surface area contributed by atoms with Gasteiger partial charge >= 0.3 is 5.97 Å². The zero-order valence-electron chi connectivity index (χ0n) is 18.3. The van der Waals surface area contributed by atoms with Crippen molar-refractivity contribution < 1.29 is 28.2 Å². The molecule has 1 aliphatic rings. The van der Waals surface area contributed by atoms with Gasteiger partial charge in [0.1, 0.15) is 11.4 Å². The van der Waals surface area contributed by atoms with Gasteiger partial charge in [0.2, 0.25) is 6.41 Å². The molecule has 0 aromatic heterocycles. The summed E-state index contributed by atoms with van der Waals surface area (Å²) in [6.45, 7) is 7.35. The number of carboxylic acid groups (broad SMARTS) is 1. The molecule has 1 saturated heterocycles. The minimum Gasteiger partial charge on any atom is -0.488 e. The van der Waals surface area contributed by atoms with Gasteiger partial charge in [-0.1, -0.05) is 0 Å². The fourth-order valence-electron chi connectivity index (χ4n) is 2.91. The van der Waals surface area contributed by atoms with Crippen LogP contribution in [0.2, 0.25) is 0 Å². The number of piperidine rings is 1. The Morgan fingerprint density at radius 1 is 1.12 bits per heavy atom. The number of nitrogens with zero attached hydrogens (tertiary/aromatic N) is 1. The van der Waals surface area contributed by atoms with E-state index in [1.165, 1.54) is 6.07 Å². The van der Waals surface area contributed by atoms with Crippen LogP contribution in [0.3, 0.4) is 0 Å². The zero-order chi connectivity index (χ0) is 23.7. The third kappa shape index (κ3) is 8.84. The summed E-state index contributed by atoms with van der Waals surface area (Å²) in [5.41, 5.74) is -0.0946. The highest BCUT2D eigenvalue weighted by Crippen LogP contribution is 2.26. The number of hydrogen-bond donors (Lipinski definition) is 2. The summed E-state index contributed by atoms with van der Waals surface area (Å²) in [5.74, 6) is -2.31. The minimum atomic E-state index is -0.905. The standard InChI is InChI=1S/C13H16N2O3S.C10H12F2O/c16-9-14-11-5-7-15(8-6-11)19-12-3-1-10(2-4-12)13(17)18;1-10(2,3)13-7-4-5-8(11)9(12)6-7/h1-4,9,11H,5-8H2,(H,14,16)(H,17,18);4-6H,1-3H3. The Hall–Kier alpha value is -2.65. The third-order valence-electron chi connectivity index (χ3n) is 4.41. The van der Waals surface area contributed by atoms with Gasteiger partial charge in [-0.15, -0.1) is 0 Å². The molecular weight excluding hydrogens is 438 g/mol. The summed E-state index contributed by atoms with van der Waals surface area (Å²) < 4.78 is 32.8. The summed E-state index contributed by atoms with van der Waals surface area (Å²) in [6, 6.07) is 10.7. The van der Waals surface area contributed by atoms with Crippen LogP contribution >= 0.6 is 11.9 Å². The maximum absolute atomic E-state index is 12.7. The van der Waals surface area contributed by atoms with Crippen LogP contribution in [0.5, 0.6) is 5.75 Å². The van der Waals surface area contributed by atoms with Gasteiger partial charge < -0.3 is 15.2 Å². The lowest BCUT2D eigenvalue weighted by atomic mass is 10.1. The van der Waals surface area contributed by atoms with E-state index in [0.29, 0.717) is 11.3 Å². The molecule has 174 valence electrons. The van der Waals surface area contributed by atoms with Gasteiger partial charge in [0.25, 0.3) is 0 Å². The van der Waals surface area contributed by atoms with Crippen LogP contribution in [0.1, 0.15) is 44.0 Å². The summed E-state index contributed by atoms with van der Waals surface area (Å²) in [7, 11) is 0. The Kier molecular flexibility index (Phi) is 9.46. The lowest BCUT2D eigenvalue weighted by molar-refractivity contribution is -0.110. The first-order chi connectivity index (χ1) is 15.1. The van der Waals surface area contributed by atoms with E-state index in [-0.39, 0.29) is 6.04 Å². The predicted octanol–water partition coefficient (Wildman–Crippen LogP) is 4.74. The second-order valence-corrected chi connectivity index (χ2v) is 9.37. The van der Waals surface area contributed by atoms with E-state index >= 15 is 0 Å². The van der Waals surface area contributed by atoms with Crippen LogP contribution in [-0.2, 0) is 4.79 Å². The number of hydrogen-bond acceptors (Lipinski definition) is 5. The fourth-order valence-corrected chi connectivity index (χ4v) is 3.86. The molecule has 3 rings (SSSR count). The summed E-state index contributed by atoms with van der Waals surface area (Å²) >= 11 is 1.63. The van der Waals surface area contributed by atoms with E-state index < -0.39 is 23.2 Å². The lowest BCUT2D eigenvalue weighted by Crippen LogP contribution is -2.39. The predicted molar refractivity (Wildman–Crippen MR) is 120 cm³/mol. The normalized spacial score (nSPS) is 14.8. The molecule has 2 N–H and O–H groups in total. The molecule has 1 aliphatic heterocycles. The monoisotopic (exact) mass is 466 g/mol. The van der Waals surface area contributed by atoms with Crippen LogP contribution in [0, 0.1) is 11.6 Å². The molecule has 0 unspecified atom stereocenters. The van der Waals surface area contributed by atoms with Crippen molar-refractivity contribution in [2.45, 2.75) is 50.2 Å². The maximum atomic E-state index is 12.7. The molecule has 1 amide bonds. The number of rotatable bonds is 6. The van der Waals surface area contributed by atoms with E-state index in [9.17, 15) is 18.4 Å². The van der Waals surface area contributed by atoms with E-state index in [4.69, 9.17) is 9.84 Å². The third-order valence-corrected chi connectivity index (χ3v) is 5.51. The van der Waals surface area contributed by atoms with E-state index in [1.54, 1.807) is 24.1 Å². The molecule has 9 heteroatoms. The van der Waals surface area contributed by atoms with Crippen molar-refractivity contribution in [3.63, 3.8) is 0 Å². The largest absolute Gasteiger partial charge is 0.488 e. The van der Waals surface area contributed by atoms with Crippen LogP contribution in [0.25, 0.3) is 0 Å². The Labute approximate surface area is 191 Å². The number of benzene rings is 2. The van der Waals surface area contributed by atoms with Crippen LogP contribution < -0.4 is 10.1 Å². The molecule has 2 aromatic rings. The first-order valence-corrected chi connectivity index (χ1v) is 10.9. The molecule has 2 aromatic carbocycles. The number of carbonyl (C=O) groups excluding carboxylic acids is 1. The van der Waals surface area contributed by atoms with Crippen molar-refractivity contribution in [3.05, 3.63) is 59.7 Å². The molecule has 0 radical (unpaired) electrons. The topological polar surface area (TPSA) is 78.9 Å². The van der Waals surface area contributed by atoms with E-state index in [2.05, 4.69) is 9.62 Å². The average molecular weight is 467 g/mol. The highest BCUT2D eigenvalue weighted by atomic mass is 32.2. The van der Waals surface area contributed by atoms with Crippen molar-refractivity contribution in [2.75, 3.05) is 13.1 Å². The molecule has 0 bridgehead atoms. The fraction of sp³-hybridized carbons (Fsp3) is 0.391. The number of aromatic carboxylic acids is 1. The number of carbonyl (C=O) groups is 2. The number of nitrogens with one attached hydrogen (secondary N) is 1. The zero-order valence-corrected chi connectivity index (χ0v) is 19.1. The second kappa shape index (κ2) is 11.8. The van der Waals surface area contributed by atoms with Gasteiger partial charge in [-0.25, -0.2) is 17.9 Å². The van der Waals surface area contributed by atoms with Gasteiger partial charge in [-0.05, 0) is 82.0 Å². The van der Waals surface area contributed by atoms with Gasteiger partial charge in [0.15, 0.2) is 11.6 Å². The van der Waals surface area contributed by atoms with Gasteiger partial charge in [0, 0.05) is 30.1 Å². The molecule has 6 nitrogen and oxygen atoms in total. The van der Waals surface area contributed by atoms with Gasteiger partial charge in [-0.3, -0.25) is 4.79 Å². The first-order valence-electron chi connectivity index (χ1n) is 10.2. The van der Waals surface area contributed by atoms with Crippen molar-refractivity contribution in [2.24, 2.45) is 0 Å². The lowest BCUT2D eigenvalue weighted by Gasteiger charge is -2.30. The first kappa shape index (κ1) is 25.6. The number of halogens is 2. The molecule has 0 atom stereocenters. The highest BCUT2D eigenvalue weighted by molar-refractivity contribution is 7.97. The van der Waals surface area contributed by atoms with Crippen molar-refractivity contribution in [1.82, 2.24) is 9.62 Å². The van der Waals surface area contributed by atoms with E-state index in [0.717, 1.165) is 49.4 Å². The number of ether oxygens (including phenoxy) is 1. The van der Waals surface area contributed by atoms with Gasteiger partial charge in [-0.2, -0.15) is 0 Å². The van der Waals surface area contributed by atoms with E-state index in [1.807, 2.05) is 32.9 Å². The van der Waals surface area contributed by atoms with Crippen molar-refractivity contribution in [3.8, 4) is 5.75 Å². The Morgan fingerprint density at radius 3 is 2.25 bits per heavy atom. The molecule has 1 heterocycles. The number of carboxylic acids is 1. The maximum Gasteiger partial charge on any atom is 0.335 e. The van der Waals surface area contributed by atoms with Crippen LogP contribution in [-0.4, -0.2) is 46.5 Å². The molecule has 0 saturated carbocycles.